The van der Waals surface area contributed by atoms with Gasteiger partial charge in [0.05, 0.1) is 10.6 Å². The number of nitrogens with zero attached hydrogens (tertiary/aromatic N) is 1. The van der Waals surface area contributed by atoms with Gasteiger partial charge in [-0.05, 0) is 42.7 Å². The standard InChI is InChI=1S/C21H25BrN2O3S/c22-18-6-8-20(9-7-18)28(26,27)15-12-21(25)23-19-10-13-24(14-11-19)16-17-4-2-1-3-5-17/h1-9,19H,10-16H2,(H,23,25). The Morgan fingerprint density at radius 1 is 1.04 bits per heavy atom. The molecule has 1 fully saturated rings. The number of piperidine rings is 1. The van der Waals surface area contributed by atoms with Gasteiger partial charge in [-0.2, -0.15) is 0 Å². The number of hydrogen-bond donors (Lipinski definition) is 1. The maximum Gasteiger partial charge on any atom is 0.221 e. The molecule has 0 radical (unpaired) electrons. The van der Waals surface area contributed by atoms with E-state index in [0.717, 1.165) is 36.9 Å². The average molecular weight is 465 g/mol. The van der Waals surface area contributed by atoms with Crippen LogP contribution < -0.4 is 5.32 Å². The van der Waals surface area contributed by atoms with Crippen molar-refractivity contribution in [2.45, 2.75) is 36.7 Å². The second-order valence-electron chi connectivity index (χ2n) is 7.13. The summed E-state index contributed by atoms with van der Waals surface area (Å²) in [6.45, 7) is 2.78. The molecule has 1 aliphatic rings. The van der Waals surface area contributed by atoms with Gasteiger partial charge in [-0.1, -0.05) is 46.3 Å². The van der Waals surface area contributed by atoms with Gasteiger partial charge in [0, 0.05) is 36.6 Å². The summed E-state index contributed by atoms with van der Waals surface area (Å²) in [4.78, 5) is 14.9. The molecule has 28 heavy (non-hydrogen) atoms. The van der Waals surface area contributed by atoms with Gasteiger partial charge < -0.3 is 5.32 Å². The number of halogens is 1. The van der Waals surface area contributed by atoms with E-state index in [4.69, 9.17) is 0 Å². The van der Waals surface area contributed by atoms with E-state index in [0.29, 0.717) is 0 Å². The van der Waals surface area contributed by atoms with E-state index >= 15 is 0 Å². The van der Waals surface area contributed by atoms with Gasteiger partial charge in [-0.3, -0.25) is 9.69 Å². The van der Waals surface area contributed by atoms with E-state index < -0.39 is 9.84 Å². The molecule has 1 amide bonds. The van der Waals surface area contributed by atoms with Crippen LogP contribution in [-0.2, 0) is 21.2 Å². The zero-order valence-corrected chi connectivity index (χ0v) is 18.1. The highest BCUT2D eigenvalue weighted by molar-refractivity contribution is 9.10. The quantitative estimate of drug-likeness (QED) is 0.681. The molecule has 0 saturated carbocycles. The Hall–Kier alpha value is -1.70. The van der Waals surface area contributed by atoms with Gasteiger partial charge in [0.15, 0.2) is 9.84 Å². The Balaban J connectivity index is 1.41. The fourth-order valence-electron chi connectivity index (χ4n) is 3.36. The maximum absolute atomic E-state index is 12.4. The fourth-order valence-corrected chi connectivity index (χ4v) is 4.87. The Labute approximate surface area is 175 Å². The lowest BCUT2D eigenvalue weighted by Crippen LogP contribution is -2.44. The minimum Gasteiger partial charge on any atom is -0.353 e. The minimum absolute atomic E-state index is 0.0113. The third-order valence-corrected chi connectivity index (χ3v) is 7.23. The molecule has 3 rings (SSSR count). The van der Waals surface area contributed by atoms with E-state index in [1.807, 2.05) is 18.2 Å². The topological polar surface area (TPSA) is 66.5 Å². The van der Waals surface area contributed by atoms with Crippen molar-refractivity contribution in [3.63, 3.8) is 0 Å². The molecule has 0 aromatic heterocycles. The van der Waals surface area contributed by atoms with E-state index in [1.54, 1.807) is 24.3 Å². The summed E-state index contributed by atoms with van der Waals surface area (Å²) >= 11 is 3.29. The molecule has 1 heterocycles. The zero-order chi connectivity index (χ0) is 20.0. The number of amides is 1. The van der Waals surface area contributed by atoms with Gasteiger partial charge in [-0.25, -0.2) is 8.42 Å². The zero-order valence-electron chi connectivity index (χ0n) is 15.7. The molecule has 0 atom stereocenters. The lowest BCUT2D eigenvalue weighted by Gasteiger charge is -2.32. The van der Waals surface area contributed by atoms with E-state index in [1.165, 1.54) is 5.56 Å². The number of benzene rings is 2. The number of hydrogen-bond acceptors (Lipinski definition) is 4. The van der Waals surface area contributed by atoms with Crippen LogP contribution >= 0.6 is 15.9 Å². The molecular formula is C21H25BrN2O3S. The molecule has 1 N–H and O–H groups in total. The first-order valence-corrected chi connectivity index (χ1v) is 11.9. The van der Waals surface area contributed by atoms with Crippen molar-refractivity contribution < 1.29 is 13.2 Å². The monoisotopic (exact) mass is 464 g/mol. The Morgan fingerprint density at radius 3 is 2.32 bits per heavy atom. The van der Waals surface area contributed by atoms with Crippen molar-refractivity contribution in [2.24, 2.45) is 0 Å². The fraction of sp³-hybridized carbons (Fsp3) is 0.381. The van der Waals surface area contributed by atoms with Crippen LogP contribution in [0.2, 0.25) is 0 Å². The van der Waals surface area contributed by atoms with Gasteiger partial charge in [-0.15, -0.1) is 0 Å². The largest absolute Gasteiger partial charge is 0.353 e. The lowest BCUT2D eigenvalue weighted by atomic mass is 10.0. The van der Waals surface area contributed by atoms with Crippen molar-refractivity contribution >= 4 is 31.7 Å². The van der Waals surface area contributed by atoms with Crippen molar-refractivity contribution in [1.82, 2.24) is 10.2 Å². The van der Waals surface area contributed by atoms with Crippen LogP contribution in [0.15, 0.2) is 64.0 Å². The van der Waals surface area contributed by atoms with Crippen LogP contribution in [0.4, 0.5) is 0 Å². The van der Waals surface area contributed by atoms with Gasteiger partial charge in [0.1, 0.15) is 0 Å². The van der Waals surface area contributed by atoms with E-state index in [9.17, 15) is 13.2 Å². The van der Waals surface area contributed by atoms with Gasteiger partial charge >= 0.3 is 0 Å². The molecule has 1 aliphatic heterocycles. The smallest absolute Gasteiger partial charge is 0.221 e. The second-order valence-corrected chi connectivity index (χ2v) is 10.2. The van der Waals surface area contributed by atoms with Crippen LogP contribution in [0.1, 0.15) is 24.8 Å². The predicted octanol–water partition coefficient (Wildman–Crippen LogP) is 3.39. The summed E-state index contributed by atoms with van der Waals surface area (Å²) in [5, 5.41) is 3.00. The van der Waals surface area contributed by atoms with Crippen LogP contribution in [0.25, 0.3) is 0 Å². The van der Waals surface area contributed by atoms with Gasteiger partial charge in [0.2, 0.25) is 5.91 Å². The summed E-state index contributed by atoms with van der Waals surface area (Å²) in [6, 6.07) is 17.0. The first-order valence-electron chi connectivity index (χ1n) is 9.46. The Kier molecular flexibility index (Phi) is 7.26. The third-order valence-electron chi connectivity index (χ3n) is 4.97. The summed E-state index contributed by atoms with van der Waals surface area (Å²) in [5.74, 6) is -0.366. The molecule has 2 aromatic carbocycles. The molecular weight excluding hydrogens is 440 g/mol. The number of sulfone groups is 1. The van der Waals surface area contributed by atoms with Crippen LogP contribution in [-0.4, -0.2) is 44.1 Å². The summed E-state index contributed by atoms with van der Waals surface area (Å²) in [6.07, 6.45) is 1.76. The number of carbonyl (C=O) groups is 1. The average Bonchev–Trinajstić information content (AvgIpc) is 2.69. The van der Waals surface area contributed by atoms with Crippen LogP contribution in [0.3, 0.4) is 0 Å². The molecule has 0 aliphatic carbocycles. The number of nitrogens with one attached hydrogen (secondary N) is 1. The summed E-state index contributed by atoms with van der Waals surface area (Å²) in [7, 11) is -3.45. The number of carbonyl (C=O) groups excluding carboxylic acids is 1. The van der Waals surface area contributed by atoms with E-state index in [-0.39, 0.29) is 29.0 Å². The highest BCUT2D eigenvalue weighted by Crippen LogP contribution is 2.17. The van der Waals surface area contributed by atoms with Crippen LogP contribution in [0.5, 0.6) is 0 Å². The molecule has 150 valence electrons. The first-order chi connectivity index (χ1) is 13.4. The SMILES string of the molecule is O=C(CCS(=O)(=O)c1ccc(Br)cc1)NC1CCN(Cc2ccccc2)CC1. The van der Waals surface area contributed by atoms with Gasteiger partial charge in [0.25, 0.3) is 0 Å². The molecule has 2 aromatic rings. The third kappa shape index (κ3) is 6.15. The number of likely N-dealkylation sites (tertiary alicyclic amines) is 1. The molecule has 0 bridgehead atoms. The molecule has 0 spiro atoms. The van der Waals surface area contributed by atoms with Crippen molar-refractivity contribution in [3.05, 3.63) is 64.6 Å². The predicted molar refractivity (Wildman–Crippen MR) is 114 cm³/mol. The molecule has 7 heteroatoms. The van der Waals surface area contributed by atoms with E-state index in [2.05, 4.69) is 38.3 Å². The maximum atomic E-state index is 12.4. The van der Waals surface area contributed by atoms with Crippen molar-refractivity contribution in [1.29, 1.82) is 0 Å². The molecule has 5 nitrogen and oxygen atoms in total. The minimum atomic E-state index is -3.45. The second kappa shape index (κ2) is 9.67. The molecule has 0 unspecified atom stereocenters. The van der Waals surface area contributed by atoms with Crippen molar-refractivity contribution in [3.8, 4) is 0 Å². The summed E-state index contributed by atoms with van der Waals surface area (Å²) in [5.41, 5.74) is 1.29. The highest BCUT2D eigenvalue weighted by Gasteiger charge is 2.22. The normalized spacial score (nSPS) is 16.0. The van der Waals surface area contributed by atoms with Crippen LogP contribution in [0, 0.1) is 0 Å². The Morgan fingerprint density at radius 2 is 1.68 bits per heavy atom. The summed E-state index contributed by atoms with van der Waals surface area (Å²) < 4.78 is 25.5. The number of rotatable bonds is 7. The lowest BCUT2D eigenvalue weighted by molar-refractivity contribution is -0.121. The Bertz CT molecular complexity index is 878. The van der Waals surface area contributed by atoms with Crippen molar-refractivity contribution in [2.75, 3.05) is 18.8 Å². The first kappa shape index (κ1) is 21.0. The molecule has 1 saturated heterocycles. The highest BCUT2D eigenvalue weighted by atomic mass is 79.9.